The number of nitrogens with one attached hydrogen (secondary N) is 2. The van der Waals surface area contributed by atoms with Crippen LogP contribution in [-0.2, 0) is 11.8 Å². The van der Waals surface area contributed by atoms with Crippen molar-refractivity contribution in [1.82, 2.24) is 29.5 Å². The Morgan fingerprint density at radius 1 is 1.07 bits per heavy atom. The minimum Gasteiger partial charge on any atom is -0.433 e. The normalized spacial score (nSPS) is 18.2. The van der Waals surface area contributed by atoms with Crippen molar-refractivity contribution in [1.29, 1.82) is 0 Å². The molecule has 4 heterocycles. The number of alkyl halides is 2. The number of hydrogen-bond donors (Lipinski definition) is 2. The summed E-state index contributed by atoms with van der Waals surface area (Å²) in [5.41, 5.74) is 3.74. The van der Waals surface area contributed by atoms with Crippen LogP contribution in [0.25, 0.3) is 22.2 Å². The molecule has 0 unspecified atom stereocenters. The number of halogens is 2. The molecule has 4 aromatic rings. The second-order valence-corrected chi connectivity index (χ2v) is 11.9. The fraction of sp³-hybridized carbons (Fsp3) is 0.394. The number of fused-ring (bicyclic) bond motifs is 1. The highest BCUT2D eigenvalue weighted by Gasteiger charge is 2.30. The second-order valence-electron chi connectivity index (χ2n) is 11.9. The van der Waals surface area contributed by atoms with Crippen LogP contribution in [0.2, 0.25) is 0 Å². The molecule has 0 spiro atoms. The largest absolute Gasteiger partial charge is 0.433 e. The number of rotatable bonds is 9. The van der Waals surface area contributed by atoms with Gasteiger partial charge in [-0.25, -0.2) is 9.97 Å². The van der Waals surface area contributed by atoms with Crippen LogP contribution in [0.15, 0.2) is 61.6 Å². The monoisotopic (exact) mass is 631 g/mol. The van der Waals surface area contributed by atoms with E-state index in [0.717, 1.165) is 48.9 Å². The fourth-order valence-corrected chi connectivity index (χ4v) is 6.33. The van der Waals surface area contributed by atoms with Crippen LogP contribution in [0.4, 0.5) is 31.7 Å². The maximum Gasteiger partial charge on any atom is 0.387 e. The van der Waals surface area contributed by atoms with Gasteiger partial charge in [0.2, 0.25) is 5.91 Å². The number of piperazine rings is 1. The third-order valence-electron chi connectivity index (χ3n) is 9.04. The first kappa shape index (κ1) is 31.4. The fourth-order valence-electron chi connectivity index (χ4n) is 6.33. The predicted octanol–water partition coefficient (Wildman–Crippen LogP) is 5.10. The molecule has 2 N–H and O–H groups in total. The summed E-state index contributed by atoms with van der Waals surface area (Å²) < 4.78 is 34.3. The number of piperidine rings is 1. The van der Waals surface area contributed by atoms with Gasteiger partial charge in [-0.15, -0.1) is 0 Å². The quantitative estimate of drug-likeness (QED) is 0.244. The lowest BCUT2D eigenvalue weighted by molar-refractivity contribution is -0.111. The highest BCUT2D eigenvalue weighted by molar-refractivity contribution is 6.02. The van der Waals surface area contributed by atoms with Gasteiger partial charge in [0, 0.05) is 74.9 Å². The summed E-state index contributed by atoms with van der Waals surface area (Å²) >= 11 is 0. The van der Waals surface area contributed by atoms with Gasteiger partial charge in [-0.2, -0.15) is 13.9 Å². The summed E-state index contributed by atoms with van der Waals surface area (Å²) in [5.74, 6) is -0.105. The van der Waals surface area contributed by atoms with E-state index in [2.05, 4.69) is 61.0 Å². The molecule has 2 aliphatic rings. The van der Waals surface area contributed by atoms with Crippen LogP contribution in [-0.4, -0.2) is 93.9 Å². The van der Waals surface area contributed by atoms with E-state index in [1.165, 1.54) is 12.4 Å². The standard InChI is InChI=1S/C33H39F2N9O2/c1-5-32(45)40-26-15-27(39-31-16-25(36-20-37-31)22-6-7-28-23(14-22)18-38-42(28)4)30(46-33(34)35)17-29(26)43-10-8-24(9-11-43)44-13-12-41(3)21(2)19-44/h5-7,14-18,20-21,24,33H,1,8-13,19H2,2-4H3,(H,40,45)(H,36,37,39)/t21-/m1/s1. The van der Waals surface area contributed by atoms with E-state index in [1.54, 1.807) is 29.1 Å². The van der Waals surface area contributed by atoms with Crippen molar-refractivity contribution in [2.45, 2.75) is 38.5 Å². The van der Waals surface area contributed by atoms with Crippen LogP contribution in [0.1, 0.15) is 19.8 Å². The first-order valence-corrected chi connectivity index (χ1v) is 15.4. The maximum atomic E-state index is 13.7. The molecule has 11 nitrogen and oxygen atoms in total. The number of aromatic nitrogens is 4. The zero-order valence-corrected chi connectivity index (χ0v) is 26.3. The summed E-state index contributed by atoms with van der Waals surface area (Å²) in [7, 11) is 4.04. The maximum absolute atomic E-state index is 13.7. The van der Waals surface area contributed by atoms with E-state index in [0.29, 0.717) is 48.1 Å². The number of hydrogen-bond acceptors (Lipinski definition) is 9. The Kier molecular flexibility index (Phi) is 9.13. The lowest BCUT2D eigenvalue weighted by atomic mass is 10.00. The molecule has 13 heteroatoms. The number of anilines is 4. The van der Waals surface area contributed by atoms with Crippen LogP contribution in [0.5, 0.6) is 5.75 Å². The molecule has 2 fully saturated rings. The van der Waals surface area contributed by atoms with Crippen molar-refractivity contribution >= 4 is 39.7 Å². The number of ether oxygens (including phenoxy) is 1. The van der Waals surface area contributed by atoms with E-state index in [1.807, 2.05) is 25.2 Å². The Labute approximate surface area is 266 Å². The van der Waals surface area contributed by atoms with Gasteiger partial charge < -0.3 is 25.2 Å². The summed E-state index contributed by atoms with van der Waals surface area (Å²) in [6.45, 7) is 7.28. The Morgan fingerprint density at radius 2 is 1.87 bits per heavy atom. The molecule has 6 rings (SSSR count). The zero-order valence-electron chi connectivity index (χ0n) is 26.3. The Morgan fingerprint density at radius 3 is 2.61 bits per heavy atom. The SMILES string of the molecule is C=CC(=O)Nc1cc(Nc2cc(-c3ccc4c(cnn4C)c3)ncn2)c(OC(F)F)cc1N1CCC(N2CCN(C)[C@H](C)C2)CC1. The van der Waals surface area contributed by atoms with Gasteiger partial charge in [0.05, 0.1) is 34.5 Å². The van der Waals surface area contributed by atoms with Crippen molar-refractivity contribution in [3.63, 3.8) is 0 Å². The highest BCUT2D eigenvalue weighted by atomic mass is 19.3. The number of aryl methyl sites for hydroxylation is 1. The molecule has 0 aliphatic carbocycles. The van der Waals surface area contributed by atoms with Crippen LogP contribution in [0, 0.1) is 0 Å². The molecule has 0 radical (unpaired) electrons. The molecular formula is C33H39F2N9O2. The first-order chi connectivity index (χ1) is 22.2. The van der Waals surface area contributed by atoms with Gasteiger partial charge in [0.1, 0.15) is 12.1 Å². The molecule has 46 heavy (non-hydrogen) atoms. The minimum absolute atomic E-state index is 0.0615. The number of carbonyl (C=O) groups is 1. The van der Waals surface area contributed by atoms with Crippen molar-refractivity contribution in [3.05, 3.63) is 61.6 Å². The molecule has 1 atom stereocenters. The van der Waals surface area contributed by atoms with Crippen molar-refractivity contribution in [2.75, 3.05) is 55.3 Å². The number of amides is 1. The third-order valence-corrected chi connectivity index (χ3v) is 9.04. The van der Waals surface area contributed by atoms with Gasteiger partial charge >= 0.3 is 6.61 Å². The van der Waals surface area contributed by atoms with Crippen molar-refractivity contribution in [2.24, 2.45) is 7.05 Å². The molecule has 242 valence electrons. The highest BCUT2D eigenvalue weighted by Crippen LogP contribution is 2.40. The third kappa shape index (κ3) is 6.80. The predicted molar refractivity (Wildman–Crippen MR) is 176 cm³/mol. The number of benzene rings is 2. The minimum atomic E-state index is -3.06. The number of carbonyl (C=O) groups excluding carboxylic acids is 1. The summed E-state index contributed by atoms with van der Waals surface area (Å²) in [6, 6.07) is 11.7. The average Bonchev–Trinajstić information content (AvgIpc) is 3.43. The topological polar surface area (TPSA) is 104 Å². The molecule has 0 bridgehead atoms. The van der Waals surface area contributed by atoms with E-state index < -0.39 is 12.5 Å². The smallest absolute Gasteiger partial charge is 0.387 e. The second kappa shape index (κ2) is 13.4. The van der Waals surface area contributed by atoms with Crippen LogP contribution >= 0.6 is 0 Å². The number of likely N-dealkylation sites (N-methyl/N-ethyl adjacent to an activating group) is 1. The van der Waals surface area contributed by atoms with E-state index in [4.69, 9.17) is 4.74 Å². The van der Waals surface area contributed by atoms with E-state index >= 15 is 0 Å². The van der Waals surface area contributed by atoms with Crippen LogP contribution < -0.4 is 20.3 Å². The summed E-state index contributed by atoms with van der Waals surface area (Å²) in [5, 5.41) is 11.2. The summed E-state index contributed by atoms with van der Waals surface area (Å²) in [4.78, 5) is 28.3. The van der Waals surface area contributed by atoms with Gasteiger partial charge in [0.15, 0.2) is 5.75 Å². The lowest BCUT2D eigenvalue weighted by Gasteiger charge is -2.45. The Bertz CT molecular complexity index is 1720. The zero-order chi connectivity index (χ0) is 32.4. The average molecular weight is 632 g/mol. The molecule has 2 aromatic carbocycles. The number of nitrogens with zero attached hydrogens (tertiary/aromatic N) is 7. The van der Waals surface area contributed by atoms with Gasteiger partial charge in [-0.05, 0) is 51.1 Å². The molecule has 0 saturated carbocycles. The van der Waals surface area contributed by atoms with Gasteiger partial charge in [0.25, 0.3) is 0 Å². The van der Waals surface area contributed by atoms with E-state index in [9.17, 15) is 13.6 Å². The summed E-state index contributed by atoms with van der Waals surface area (Å²) in [6.07, 6.45) is 6.20. The van der Waals surface area contributed by atoms with Crippen LogP contribution in [0.3, 0.4) is 0 Å². The Balaban J connectivity index is 1.28. The lowest BCUT2D eigenvalue weighted by Crippen LogP contribution is -2.55. The van der Waals surface area contributed by atoms with E-state index in [-0.39, 0.29) is 11.4 Å². The molecule has 2 saturated heterocycles. The van der Waals surface area contributed by atoms with Gasteiger partial charge in [-0.1, -0.05) is 12.6 Å². The Hall–Kier alpha value is -4.62. The van der Waals surface area contributed by atoms with Crippen molar-refractivity contribution < 1.29 is 18.3 Å². The molecule has 2 aromatic heterocycles. The molecular weight excluding hydrogens is 592 g/mol. The molecule has 1 amide bonds. The first-order valence-electron chi connectivity index (χ1n) is 15.4. The molecule has 2 aliphatic heterocycles. The van der Waals surface area contributed by atoms with Crippen molar-refractivity contribution in [3.8, 4) is 17.0 Å². The van der Waals surface area contributed by atoms with Gasteiger partial charge in [-0.3, -0.25) is 14.4 Å².